The van der Waals surface area contributed by atoms with Crippen molar-refractivity contribution in [3.63, 3.8) is 0 Å². The van der Waals surface area contributed by atoms with Gasteiger partial charge in [0.1, 0.15) is 10.7 Å². The molecule has 1 amide bonds. The minimum atomic E-state index is -1.14. The summed E-state index contributed by atoms with van der Waals surface area (Å²) in [4.78, 5) is 29.1. The Morgan fingerprint density at radius 3 is 2.74 bits per heavy atom. The van der Waals surface area contributed by atoms with Crippen molar-refractivity contribution in [1.82, 2.24) is 9.88 Å². The Hall–Kier alpha value is -1.62. The van der Waals surface area contributed by atoms with Crippen LogP contribution in [0, 0.1) is 0 Å². The fraction of sp³-hybridized carbons (Fsp3) is 0.462. The zero-order valence-corrected chi connectivity index (χ0v) is 11.4. The molecule has 0 aliphatic carbocycles. The minimum Gasteiger partial charge on any atom is -0.480 e. The third-order valence-electron chi connectivity index (χ3n) is 3.57. The molecule has 0 aromatic carbocycles. The molecule has 1 atom stereocenters. The summed E-state index contributed by atoms with van der Waals surface area (Å²) in [5, 5.41) is 9.68. The van der Waals surface area contributed by atoms with Crippen LogP contribution in [0.3, 0.4) is 0 Å². The van der Waals surface area contributed by atoms with Crippen molar-refractivity contribution in [1.29, 1.82) is 0 Å². The number of piperidine rings is 1. The molecule has 0 saturated carbocycles. The summed E-state index contributed by atoms with van der Waals surface area (Å²) in [6.45, 7) is 2.04. The molecule has 0 bridgehead atoms. The fourth-order valence-corrected chi connectivity index (χ4v) is 2.44. The third-order valence-corrected chi connectivity index (χ3v) is 3.79. The summed E-state index contributed by atoms with van der Waals surface area (Å²) in [6.07, 6.45) is 3.47. The largest absolute Gasteiger partial charge is 0.480 e. The molecule has 2 heterocycles. The predicted octanol–water partition coefficient (Wildman–Crippen LogP) is 2.20. The first-order valence-corrected chi connectivity index (χ1v) is 6.50. The van der Waals surface area contributed by atoms with Crippen LogP contribution in [0.1, 0.15) is 36.5 Å². The molecule has 1 aromatic rings. The summed E-state index contributed by atoms with van der Waals surface area (Å²) in [5.74, 6) is -1.28. The van der Waals surface area contributed by atoms with Gasteiger partial charge in [-0.15, -0.1) is 0 Å². The monoisotopic (exact) mass is 282 g/mol. The number of carboxylic acid groups (broad SMARTS) is 1. The van der Waals surface area contributed by atoms with Gasteiger partial charge in [0.05, 0.1) is 5.56 Å². The Kier molecular flexibility index (Phi) is 3.75. The Labute approximate surface area is 116 Å². The van der Waals surface area contributed by atoms with Gasteiger partial charge in [0.25, 0.3) is 5.91 Å². The second kappa shape index (κ2) is 5.17. The standard InChI is InChI=1S/C13H15ClN2O3/c1-13(12(18)19)6-2-3-7-16(13)11(17)9-4-5-10(14)15-8-9/h4-5,8H,2-3,6-7H2,1H3,(H,18,19). The number of hydrogen-bond acceptors (Lipinski definition) is 3. The lowest BCUT2D eigenvalue weighted by molar-refractivity contribution is -0.150. The summed E-state index contributed by atoms with van der Waals surface area (Å²) in [5.41, 5.74) is -0.784. The van der Waals surface area contributed by atoms with E-state index in [-0.39, 0.29) is 5.91 Å². The highest BCUT2D eigenvalue weighted by Gasteiger charge is 2.44. The first kappa shape index (κ1) is 13.8. The topological polar surface area (TPSA) is 70.5 Å². The molecule has 1 aliphatic rings. The van der Waals surface area contributed by atoms with Gasteiger partial charge >= 0.3 is 5.97 Å². The normalized spacial score (nSPS) is 23.2. The van der Waals surface area contributed by atoms with Gasteiger partial charge in [0.15, 0.2) is 0 Å². The molecule has 1 aliphatic heterocycles. The zero-order chi connectivity index (χ0) is 14.0. The molecule has 1 N–H and O–H groups in total. The lowest BCUT2D eigenvalue weighted by Crippen LogP contribution is -2.57. The summed E-state index contributed by atoms with van der Waals surface area (Å²) in [6, 6.07) is 3.09. The Morgan fingerprint density at radius 1 is 1.42 bits per heavy atom. The van der Waals surface area contributed by atoms with Gasteiger partial charge in [-0.2, -0.15) is 0 Å². The molecule has 1 aromatic heterocycles. The van der Waals surface area contributed by atoms with E-state index in [9.17, 15) is 14.7 Å². The van der Waals surface area contributed by atoms with Gasteiger partial charge in [-0.05, 0) is 38.3 Å². The van der Waals surface area contributed by atoms with Crippen LogP contribution < -0.4 is 0 Å². The van der Waals surface area contributed by atoms with Crippen molar-refractivity contribution < 1.29 is 14.7 Å². The van der Waals surface area contributed by atoms with Crippen molar-refractivity contribution in [2.75, 3.05) is 6.54 Å². The first-order chi connectivity index (χ1) is 8.95. The molecule has 5 nitrogen and oxygen atoms in total. The molecule has 1 saturated heterocycles. The number of nitrogens with zero attached hydrogens (tertiary/aromatic N) is 2. The number of carbonyl (C=O) groups is 2. The number of likely N-dealkylation sites (tertiary alicyclic amines) is 1. The van der Waals surface area contributed by atoms with Crippen LogP contribution in [0.4, 0.5) is 0 Å². The molecular weight excluding hydrogens is 268 g/mol. The van der Waals surface area contributed by atoms with E-state index < -0.39 is 11.5 Å². The number of aromatic nitrogens is 1. The lowest BCUT2D eigenvalue weighted by Gasteiger charge is -2.41. The molecular formula is C13H15ClN2O3. The number of aliphatic carboxylic acids is 1. The van der Waals surface area contributed by atoms with Gasteiger partial charge in [0, 0.05) is 12.7 Å². The van der Waals surface area contributed by atoms with E-state index >= 15 is 0 Å². The molecule has 2 rings (SSSR count). The summed E-state index contributed by atoms with van der Waals surface area (Å²) >= 11 is 5.68. The van der Waals surface area contributed by atoms with Gasteiger partial charge in [-0.3, -0.25) is 4.79 Å². The predicted molar refractivity (Wildman–Crippen MR) is 70.2 cm³/mol. The second-order valence-corrected chi connectivity index (χ2v) is 5.25. The molecule has 102 valence electrons. The third kappa shape index (κ3) is 2.56. The highest BCUT2D eigenvalue weighted by atomic mass is 35.5. The number of halogens is 1. The number of hydrogen-bond donors (Lipinski definition) is 1. The fourth-order valence-electron chi connectivity index (χ4n) is 2.33. The average Bonchev–Trinajstić information content (AvgIpc) is 2.39. The van der Waals surface area contributed by atoms with Crippen molar-refractivity contribution in [3.8, 4) is 0 Å². The van der Waals surface area contributed by atoms with E-state index in [4.69, 9.17) is 11.6 Å². The highest BCUT2D eigenvalue weighted by molar-refractivity contribution is 6.29. The molecule has 6 heteroatoms. The van der Waals surface area contributed by atoms with Crippen molar-refractivity contribution in [2.24, 2.45) is 0 Å². The molecule has 0 radical (unpaired) electrons. The Balaban J connectivity index is 2.30. The van der Waals surface area contributed by atoms with E-state index in [0.29, 0.717) is 23.7 Å². The zero-order valence-electron chi connectivity index (χ0n) is 10.6. The second-order valence-electron chi connectivity index (χ2n) is 4.86. The molecule has 19 heavy (non-hydrogen) atoms. The van der Waals surface area contributed by atoms with Gasteiger partial charge in [-0.1, -0.05) is 11.6 Å². The number of pyridine rings is 1. The van der Waals surface area contributed by atoms with Crippen molar-refractivity contribution >= 4 is 23.5 Å². The lowest BCUT2D eigenvalue weighted by atomic mass is 9.88. The maximum Gasteiger partial charge on any atom is 0.329 e. The van der Waals surface area contributed by atoms with Crippen LogP contribution in [0.25, 0.3) is 0 Å². The number of carboxylic acids is 1. The number of carbonyl (C=O) groups excluding carboxylic acids is 1. The van der Waals surface area contributed by atoms with E-state index in [1.54, 1.807) is 13.0 Å². The minimum absolute atomic E-state index is 0.302. The molecule has 1 unspecified atom stereocenters. The van der Waals surface area contributed by atoms with E-state index in [0.717, 1.165) is 12.8 Å². The quantitative estimate of drug-likeness (QED) is 0.844. The van der Waals surface area contributed by atoms with Crippen molar-refractivity contribution in [2.45, 2.75) is 31.7 Å². The van der Waals surface area contributed by atoms with Crippen LogP contribution in [-0.4, -0.2) is 39.0 Å². The van der Waals surface area contributed by atoms with E-state index in [1.807, 2.05) is 0 Å². The summed E-state index contributed by atoms with van der Waals surface area (Å²) in [7, 11) is 0. The van der Waals surface area contributed by atoms with Crippen LogP contribution in [0.2, 0.25) is 5.15 Å². The van der Waals surface area contributed by atoms with Gasteiger partial charge in [0.2, 0.25) is 0 Å². The highest BCUT2D eigenvalue weighted by Crippen LogP contribution is 2.29. The first-order valence-electron chi connectivity index (χ1n) is 6.12. The molecule has 1 fully saturated rings. The number of amides is 1. The van der Waals surface area contributed by atoms with Crippen molar-refractivity contribution in [3.05, 3.63) is 29.0 Å². The van der Waals surface area contributed by atoms with Gasteiger partial charge in [-0.25, -0.2) is 9.78 Å². The maximum absolute atomic E-state index is 12.4. The number of rotatable bonds is 2. The summed E-state index contributed by atoms with van der Waals surface area (Å²) < 4.78 is 0. The SMILES string of the molecule is CC1(C(=O)O)CCCCN1C(=O)c1ccc(Cl)nc1. The van der Waals surface area contributed by atoms with Gasteiger partial charge < -0.3 is 10.0 Å². The molecule has 0 spiro atoms. The Morgan fingerprint density at radius 2 is 2.16 bits per heavy atom. The van der Waals surface area contributed by atoms with Crippen LogP contribution in [-0.2, 0) is 4.79 Å². The average molecular weight is 283 g/mol. The van der Waals surface area contributed by atoms with E-state index in [1.165, 1.54) is 17.2 Å². The van der Waals surface area contributed by atoms with Crippen LogP contribution in [0.5, 0.6) is 0 Å². The van der Waals surface area contributed by atoms with Crippen LogP contribution in [0.15, 0.2) is 18.3 Å². The Bertz CT molecular complexity index is 503. The maximum atomic E-state index is 12.4. The van der Waals surface area contributed by atoms with Crippen LogP contribution >= 0.6 is 11.6 Å². The van der Waals surface area contributed by atoms with E-state index in [2.05, 4.69) is 4.98 Å². The smallest absolute Gasteiger partial charge is 0.329 e.